The lowest BCUT2D eigenvalue weighted by atomic mass is 9.95. The molecule has 0 saturated carbocycles. The second kappa shape index (κ2) is 8.18. The molecule has 134 valence electrons. The minimum absolute atomic E-state index is 0.0271. The Morgan fingerprint density at radius 2 is 1.87 bits per heavy atom. The monoisotopic (exact) mass is 363 g/mol. The first-order valence-corrected chi connectivity index (χ1v) is 11.3. The Labute approximate surface area is 144 Å². The number of thioether (sulfide) groups is 1. The number of hydrogen-bond acceptors (Lipinski definition) is 5. The molecule has 1 unspecified atom stereocenters. The zero-order valence-corrected chi connectivity index (χ0v) is 16.0. The van der Waals surface area contributed by atoms with Crippen LogP contribution in [0.5, 0.6) is 0 Å². The van der Waals surface area contributed by atoms with Crippen molar-refractivity contribution in [2.45, 2.75) is 25.3 Å². The van der Waals surface area contributed by atoms with E-state index >= 15 is 0 Å². The fourth-order valence-corrected chi connectivity index (χ4v) is 5.29. The van der Waals surface area contributed by atoms with Gasteiger partial charge in [-0.15, -0.1) is 0 Å². The molecule has 1 atom stereocenters. The number of sulfonamides is 1. The number of piperidine rings is 1. The van der Waals surface area contributed by atoms with Crippen molar-refractivity contribution in [3.8, 4) is 0 Å². The third kappa shape index (κ3) is 5.34. The largest absolute Gasteiger partial charge is 0.337 e. The van der Waals surface area contributed by atoms with Crippen LogP contribution in [0.1, 0.15) is 19.3 Å². The molecule has 0 N–H and O–H groups in total. The predicted molar refractivity (Wildman–Crippen MR) is 95.1 cm³/mol. The molecule has 6 nitrogen and oxygen atoms in total. The molecule has 0 aromatic carbocycles. The molecular weight excluding hydrogens is 334 g/mol. The summed E-state index contributed by atoms with van der Waals surface area (Å²) in [5, 5.41) is 0. The van der Waals surface area contributed by atoms with Crippen molar-refractivity contribution in [2.24, 2.45) is 5.92 Å². The highest BCUT2D eigenvalue weighted by atomic mass is 32.2. The molecule has 0 aliphatic carbocycles. The van der Waals surface area contributed by atoms with E-state index in [4.69, 9.17) is 0 Å². The molecule has 2 saturated heterocycles. The Kier molecular flexibility index (Phi) is 6.77. The Morgan fingerprint density at radius 3 is 2.43 bits per heavy atom. The van der Waals surface area contributed by atoms with E-state index in [9.17, 15) is 13.2 Å². The van der Waals surface area contributed by atoms with Gasteiger partial charge < -0.3 is 9.80 Å². The first kappa shape index (κ1) is 19.0. The van der Waals surface area contributed by atoms with Crippen LogP contribution in [0.25, 0.3) is 0 Å². The summed E-state index contributed by atoms with van der Waals surface area (Å²) in [4.78, 5) is 17.2. The van der Waals surface area contributed by atoms with Crippen LogP contribution < -0.4 is 0 Å². The summed E-state index contributed by atoms with van der Waals surface area (Å²) in [6.45, 7) is 2.66. The summed E-state index contributed by atoms with van der Waals surface area (Å²) < 4.78 is 24.7. The van der Waals surface area contributed by atoms with Gasteiger partial charge in [0.05, 0.1) is 12.3 Å². The molecular formula is C15H29N3O3S2. The van der Waals surface area contributed by atoms with Crippen LogP contribution in [0.3, 0.4) is 0 Å². The second-order valence-corrected chi connectivity index (χ2v) is 9.94. The van der Waals surface area contributed by atoms with Gasteiger partial charge in [-0.05, 0) is 39.1 Å². The minimum atomic E-state index is -3.13. The topological polar surface area (TPSA) is 60.9 Å². The smallest absolute Gasteiger partial charge is 0.226 e. The van der Waals surface area contributed by atoms with Gasteiger partial charge in [-0.3, -0.25) is 4.79 Å². The lowest BCUT2D eigenvalue weighted by Gasteiger charge is -2.37. The average Bonchev–Trinajstić information content (AvgIpc) is 2.70. The summed E-state index contributed by atoms with van der Waals surface area (Å²) in [7, 11) is 0.955. The Morgan fingerprint density at radius 1 is 1.22 bits per heavy atom. The van der Waals surface area contributed by atoms with Gasteiger partial charge in [-0.25, -0.2) is 12.7 Å². The van der Waals surface area contributed by atoms with Crippen molar-refractivity contribution in [3.05, 3.63) is 0 Å². The van der Waals surface area contributed by atoms with E-state index < -0.39 is 10.0 Å². The van der Waals surface area contributed by atoms with E-state index in [0.29, 0.717) is 25.9 Å². The SMILES string of the molecule is CN(C)CC1CSCCCN1C(=O)C1CCN(S(C)(=O)=O)CC1. The van der Waals surface area contributed by atoms with Gasteiger partial charge in [-0.1, -0.05) is 0 Å². The highest BCUT2D eigenvalue weighted by molar-refractivity contribution is 7.99. The molecule has 0 aromatic heterocycles. The van der Waals surface area contributed by atoms with Gasteiger partial charge in [0.2, 0.25) is 15.9 Å². The zero-order valence-electron chi connectivity index (χ0n) is 14.4. The van der Waals surface area contributed by atoms with E-state index in [-0.39, 0.29) is 17.9 Å². The molecule has 2 rings (SSSR count). The molecule has 2 heterocycles. The average molecular weight is 364 g/mol. The highest BCUT2D eigenvalue weighted by Crippen LogP contribution is 2.25. The number of rotatable bonds is 4. The number of nitrogens with zero attached hydrogens (tertiary/aromatic N) is 3. The first-order chi connectivity index (χ1) is 10.8. The predicted octanol–water partition coefficient (Wildman–Crippen LogP) is 0.554. The molecule has 1 amide bonds. The van der Waals surface area contributed by atoms with E-state index in [0.717, 1.165) is 31.0 Å². The van der Waals surface area contributed by atoms with Crippen LogP contribution in [0.2, 0.25) is 0 Å². The van der Waals surface area contributed by atoms with Crippen molar-refractivity contribution >= 4 is 27.7 Å². The van der Waals surface area contributed by atoms with Crippen LogP contribution in [0, 0.1) is 5.92 Å². The summed E-state index contributed by atoms with van der Waals surface area (Å²) in [5.41, 5.74) is 0. The van der Waals surface area contributed by atoms with Crippen molar-refractivity contribution in [3.63, 3.8) is 0 Å². The lowest BCUT2D eigenvalue weighted by molar-refractivity contribution is -0.139. The maximum atomic E-state index is 13.0. The molecule has 0 radical (unpaired) electrons. The van der Waals surface area contributed by atoms with Gasteiger partial charge in [0, 0.05) is 37.8 Å². The number of carbonyl (C=O) groups is 1. The normalized spacial score (nSPS) is 25.6. The molecule has 0 aromatic rings. The van der Waals surface area contributed by atoms with Gasteiger partial charge in [0.15, 0.2) is 0 Å². The van der Waals surface area contributed by atoms with Gasteiger partial charge >= 0.3 is 0 Å². The third-order valence-corrected chi connectivity index (χ3v) is 7.07. The van der Waals surface area contributed by atoms with E-state index in [1.165, 1.54) is 10.6 Å². The fourth-order valence-electron chi connectivity index (χ4n) is 3.36. The van der Waals surface area contributed by atoms with Crippen LogP contribution in [0.15, 0.2) is 0 Å². The van der Waals surface area contributed by atoms with Crippen LogP contribution in [0.4, 0.5) is 0 Å². The number of hydrogen-bond donors (Lipinski definition) is 0. The Hall–Kier alpha value is -0.310. The second-order valence-electron chi connectivity index (χ2n) is 6.81. The molecule has 2 aliphatic rings. The summed E-state index contributed by atoms with van der Waals surface area (Å²) in [6.07, 6.45) is 3.57. The number of amides is 1. The fraction of sp³-hybridized carbons (Fsp3) is 0.933. The quantitative estimate of drug-likeness (QED) is 0.730. The maximum absolute atomic E-state index is 13.0. The van der Waals surface area contributed by atoms with Crippen LogP contribution in [-0.4, -0.2) is 92.5 Å². The van der Waals surface area contributed by atoms with E-state index in [2.05, 4.69) is 9.80 Å². The summed E-state index contributed by atoms with van der Waals surface area (Å²) in [5.74, 6) is 2.31. The lowest BCUT2D eigenvalue weighted by Crippen LogP contribution is -2.51. The first-order valence-electron chi connectivity index (χ1n) is 8.27. The van der Waals surface area contributed by atoms with Crippen molar-refractivity contribution < 1.29 is 13.2 Å². The Balaban J connectivity index is 2.00. The number of carbonyl (C=O) groups excluding carboxylic acids is 1. The maximum Gasteiger partial charge on any atom is 0.226 e. The molecule has 2 aliphatic heterocycles. The molecule has 0 spiro atoms. The Bertz CT molecular complexity index is 502. The van der Waals surface area contributed by atoms with Crippen LogP contribution in [-0.2, 0) is 14.8 Å². The van der Waals surface area contributed by atoms with Gasteiger partial charge in [-0.2, -0.15) is 11.8 Å². The summed E-state index contributed by atoms with van der Waals surface area (Å²) >= 11 is 1.93. The van der Waals surface area contributed by atoms with E-state index in [1.807, 2.05) is 25.9 Å². The van der Waals surface area contributed by atoms with Crippen LogP contribution >= 0.6 is 11.8 Å². The number of likely N-dealkylation sites (N-methyl/N-ethyl adjacent to an activating group) is 1. The van der Waals surface area contributed by atoms with Crippen molar-refractivity contribution in [2.75, 3.05) is 58.0 Å². The van der Waals surface area contributed by atoms with Gasteiger partial charge in [0.1, 0.15) is 0 Å². The third-order valence-electron chi connectivity index (χ3n) is 4.57. The summed E-state index contributed by atoms with van der Waals surface area (Å²) in [6, 6.07) is 0.262. The van der Waals surface area contributed by atoms with Gasteiger partial charge in [0.25, 0.3) is 0 Å². The molecule has 23 heavy (non-hydrogen) atoms. The molecule has 2 fully saturated rings. The molecule has 8 heteroatoms. The minimum Gasteiger partial charge on any atom is -0.337 e. The van der Waals surface area contributed by atoms with Crippen molar-refractivity contribution in [1.29, 1.82) is 0 Å². The standard InChI is InChI=1S/C15H29N3O3S2/c1-16(2)11-14-12-22-10-4-7-18(14)15(19)13-5-8-17(9-6-13)23(3,20)21/h13-14H,4-12H2,1-3H3. The highest BCUT2D eigenvalue weighted by Gasteiger charge is 2.34. The molecule has 0 bridgehead atoms. The van der Waals surface area contributed by atoms with E-state index in [1.54, 1.807) is 0 Å². The zero-order chi connectivity index (χ0) is 17.0. The van der Waals surface area contributed by atoms with Crippen molar-refractivity contribution in [1.82, 2.24) is 14.1 Å².